The maximum atomic E-state index is 13.6. The molecule has 0 aliphatic carbocycles. The minimum Gasteiger partial charge on any atom is -0.464 e. The number of hydrogen-bond acceptors (Lipinski definition) is 5. The lowest BCUT2D eigenvalue weighted by Crippen LogP contribution is -2.44. The normalized spacial score (nSPS) is 11.9. The summed E-state index contributed by atoms with van der Waals surface area (Å²) < 4.78 is 16.7. The minimum absolute atomic E-state index is 0.0468. The topological polar surface area (TPSA) is 84.2 Å². The number of nitrogens with zero attached hydrogens (tertiary/aromatic N) is 2. The van der Waals surface area contributed by atoms with Crippen molar-refractivity contribution in [2.45, 2.75) is 47.2 Å². The molecule has 2 heterocycles. The number of hydrogen-bond donors (Lipinski definition) is 1. The maximum absolute atomic E-state index is 13.6. The van der Waals surface area contributed by atoms with Crippen LogP contribution in [0.15, 0.2) is 52.9 Å². The van der Waals surface area contributed by atoms with Crippen molar-refractivity contribution in [2.24, 2.45) is 0 Å². The van der Waals surface area contributed by atoms with Gasteiger partial charge in [0.15, 0.2) is 11.5 Å². The smallest absolute Gasteiger partial charge is 0.322 e. The predicted molar refractivity (Wildman–Crippen MR) is 137 cm³/mol. The van der Waals surface area contributed by atoms with Gasteiger partial charge in [0.2, 0.25) is 12.7 Å². The number of nitrogens with one attached hydrogen (secondary N) is 1. The van der Waals surface area contributed by atoms with Gasteiger partial charge in [-0.3, -0.25) is 4.79 Å². The third-order valence-corrected chi connectivity index (χ3v) is 6.26. The summed E-state index contributed by atoms with van der Waals surface area (Å²) in [5.74, 6) is 2.64. The van der Waals surface area contributed by atoms with Gasteiger partial charge in [0.25, 0.3) is 0 Å². The second-order valence-corrected chi connectivity index (χ2v) is 9.05. The van der Waals surface area contributed by atoms with Gasteiger partial charge in [-0.05, 0) is 74.2 Å². The summed E-state index contributed by atoms with van der Waals surface area (Å²) in [7, 11) is 0. The first-order chi connectivity index (χ1) is 17.3. The van der Waals surface area contributed by atoms with Crippen LogP contribution >= 0.6 is 0 Å². The Morgan fingerprint density at radius 1 is 0.944 bits per heavy atom. The maximum Gasteiger partial charge on any atom is 0.322 e. The predicted octanol–water partition coefficient (Wildman–Crippen LogP) is 5.41. The van der Waals surface area contributed by atoms with Crippen molar-refractivity contribution < 1.29 is 23.5 Å². The fourth-order valence-electron chi connectivity index (χ4n) is 4.12. The molecule has 0 bridgehead atoms. The number of ether oxygens (including phenoxy) is 2. The van der Waals surface area contributed by atoms with Crippen molar-refractivity contribution in [1.82, 2.24) is 9.80 Å². The van der Waals surface area contributed by atoms with Crippen LogP contribution in [-0.4, -0.2) is 41.6 Å². The second kappa shape index (κ2) is 11.2. The summed E-state index contributed by atoms with van der Waals surface area (Å²) in [5, 5.41) is 2.98. The van der Waals surface area contributed by atoms with E-state index in [0.29, 0.717) is 36.9 Å². The first-order valence-electron chi connectivity index (χ1n) is 12.2. The molecule has 0 fully saturated rings. The summed E-state index contributed by atoms with van der Waals surface area (Å²) in [6, 6.07) is 14.9. The molecule has 3 aromatic rings. The van der Waals surface area contributed by atoms with Crippen LogP contribution in [0.25, 0.3) is 0 Å². The molecule has 3 amide bonds. The lowest BCUT2D eigenvalue weighted by molar-refractivity contribution is -0.133. The van der Waals surface area contributed by atoms with Gasteiger partial charge in [0.1, 0.15) is 18.1 Å². The lowest BCUT2D eigenvalue weighted by Gasteiger charge is -2.27. The van der Waals surface area contributed by atoms with E-state index in [1.807, 2.05) is 76.2 Å². The standard InChI is InChI=1S/C28H33N3O5/c1-5-13-30(28(33)29-24-8-6-7-19(2)21(24)4)17-27(32)31(16-23-11-9-20(3)36-23)15-22-10-12-25-26(14-22)35-18-34-25/h6-12,14H,5,13,15-18H2,1-4H3,(H,29,33). The number of furan rings is 1. The molecule has 4 rings (SSSR count). The Labute approximate surface area is 211 Å². The third kappa shape index (κ3) is 6.00. The van der Waals surface area contributed by atoms with Gasteiger partial charge in [0.05, 0.1) is 6.54 Å². The summed E-state index contributed by atoms with van der Waals surface area (Å²) in [4.78, 5) is 30.0. The zero-order valence-electron chi connectivity index (χ0n) is 21.3. The Kier molecular flexibility index (Phi) is 7.83. The number of amides is 3. The molecule has 36 heavy (non-hydrogen) atoms. The molecule has 0 unspecified atom stereocenters. The molecule has 0 saturated heterocycles. The summed E-state index contributed by atoms with van der Waals surface area (Å²) in [6.07, 6.45) is 0.729. The zero-order chi connectivity index (χ0) is 25.7. The van der Waals surface area contributed by atoms with Crippen molar-refractivity contribution >= 4 is 17.6 Å². The van der Waals surface area contributed by atoms with E-state index in [9.17, 15) is 9.59 Å². The Bertz CT molecular complexity index is 1240. The molecule has 2 aromatic carbocycles. The van der Waals surface area contributed by atoms with Gasteiger partial charge >= 0.3 is 6.03 Å². The van der Waals surface area contributed by atoms with Crippen LogP contribution in [0, 0.1) is 20.8 Å². The number of anilines is 1. The highest BCUT2D eigenvalue weighted by Crippen LogP contribution is 2.33. The Morgan fingerprint density at radius 2 is 1.75 bits per heavy atom. The molecule has 1 aliphatic heterocycles. The number of carbonyl (C=O) groups is 2. The van der Waals surface area contributed by atoms with E-state index in [0.717, 1.165) is 34.6 Å². The molecule has 0 spiro atoms. The Balaban J connectivity index is 1.51. The molecule has 0 saturated carbocycles. The monoisotopic (exact) mass is 491 g/mol. The summed E-state index contributed by atoms with van der Waals surface area (Å²) in [5.41, 5.74) is 3.75. The van der Waals surface area contributed by atoms with E-state index in [2.05, 4.69) is 5.32 Å². The zero-order valence-corrected chi connectivity index (χ0v) is 21.3. The van der Waals surface area contributed by atoms with Gasteiger partial charge in [0, 0.05) is 18.8 Å². The molecule has 190 valence electrons. The average molecular weight is 492 g/mol. The van der Waals surface area contributed by atoms with Crippen molar-refractivity contribution in [1.29, 1.82) is 0 Å². The van der Waals surface area contributed by atoms with Gasteiger partial charge in [-0.15, -0.1) is 0 Å². The molecule has 0 radical (unpaired) electrons. The quantitative estimate of drug-likeness (QED) is 0.433. The molecule has 8 nitrogen and oxygen atoms in total. The van der Waals surface area contributed by atoms with Crippen LogP contribution in [0.4, 0.5) is 10.5 Å². The summed E-state index contributed by atoms with van der Waals surface area (Å²) in [6.45, 7) is 9.06. The molecule has 8 heteroatoms. The second-order valence-electron chi connectivity index (χ2n) is 9.05. The van der Waals surface area contributed by atoms with E-state index in [1.165, 1.54) is 0 Å². The number of rotatable bonds is 9. The number of carbonyl (C=O) groups excluding carboxylic acids is 2. The van der Waals surface area contributed by atoms with E-state index in [1.54, 1.807) is 9.80 Å². The minimum atomic E-state index is -0.296. The highest BCUT2D eigenvalue weighted by atomic mass is 16.7. The van der Waals surface area contributed by atoms with Gasteiger partial charge < -0.3 is 29.0 Å². The number of benzene rings is 2. The SMILES string of the molecule is CCCN(CC(=O)N(Cc1ccc2c(c1)OCO2)Cc1ccc(C)o1)C(=O)Nc1cccc(C)c1C. The lowest BCUT2D eigenvalue weighted by atomic mass is 10.1. The van der Waals surface area contributed by atoms with Crippen molar-refractivity contribution in [3.63, 3.8) is 0 Å². The van der Waals surface area contributed by atoms with E-state index in [4.69, 9.17) is 13.9 Å². The molecule has 1 aliphatic rings. The molecular weight excluding hydrogens is 458 g/mol. The van der Waals surface area contributed by atoms with Gasteiger partial charge in [-0.25, -0.2) is 4.79 Å². The molecule has 0 atom stereocenters. The van der Waals surface area contributed by atoms with Crippen LogP contribution in [0.5, 0.6) is 11.5 Å². The fraction of sp³-hybridized carbons (Fsp3) is 0.357. The van der Waals surface area contributed by atoms with Gasteiger partial charge in [-0.1, -0.05) is 25.1 Å². The Morgan fingerprint density at radius 3 is 2.50 bits per heavy atom. The number of aryl methyl sites for hydroxylation is 2. The Hall–Kier alpha value is -3.94. The van der Waals surface area contributed by atoms with Crippen LogP contribution in [0.3, 0.4) is 0 Å². The molecule has 1 N–H and O–H groups in total. The highest BCUT2D eigenvalue weighted by molar-refractivity contribution is 5.93. The van der Waals surface area contributed by atoms with Crippen LogP contribution < -0.4 is 14.8 Å². The van der Waals surface area contributed by atoms with Crippen LogP contribution in [0.1, 0.15) is 41.6 Å². The fourth-order valence-corrected chi connectivity index (χ4v) is 4.12. The van der Waals surface area contributed by atoms with Gasteiger partial charge in [-0.2, -0.15) is 0 Å². The first-order valence-corrected chi connectivity index (χ1v) is 12.2. The molecule has 1 aromatic heterocycles. The van der Waals surface area contributed by atoms with Crippen molar-refractivity contribution in [2.75, 3.05) is 25.2 Å². The summed E-state index contributed by atoms with van der Waals surface area (Å²) >= 11 is 0. The van der Waals surface area contributed by atoms with E-state index >= 15 is 0 Å². The van der Waals surface area contributed by atoms with Crippen molar-refractivity contribution in [3.8, 4) is 11.5 Å². The van der Waals surface area contributed by atoms with Crippen molar-refractivity contribution in [3.05, 3.63) is 76.7 Å². The number of urea groups is 1. The third-order valence-electron chi connectivity index (χ3n) is 6.26. The van der Waals surface area contributed by atoms with E-state index < -0.39 is 0 Å². The average Bonchev–Trinajstić information content (AvgIpc) is 3.49. The number of fused-ring (bicyclic) bond motifs is 1. The first kappa shape index (κ1) is 25.2. The molecular formula is C28H33N3O5. The highest BCUT2D eigenvalue weighted by Gasteiger charge is 2.24. The largest absolute Gasteiger partial charge is 0.464 e. The van der Waals surface area contributed by atoms with Crippen LogP contribution in [-0.2, 0) is 17.9 Å². The van der Waals surface area contributed by atoms with Crippen LogP contribution in [0.2, 0.25) is 0 Å². The van der Waals surface area contributed by atoms with E-state index in [-0.39, 0.29) is 25.3 Å².